The number of alkyl halides is 2. The van der Waals surface area contributed by atoms with Crippen molar-refractivity contribution in [3.8, 4) is 0 Å². The molecule has 0 spiro atoms. The number of hydrogen-bond donors (Lipinski definition) is 0. The van der Waals surface area contributed by atoms with Crippen molar-refractivity contribution in [1.82, 2.24) is 0 Å². The first kappa shape index (κ1) is 39.8. The fraction of sp³-hybridized carbons (Fsp3) is 0.789. The van der Waals surface area contributed by atoms with E-state index in [4.69, 9.17) is 18.6 Å². The largest absolute Gasteiger partial charge is 0.461 e. The van der Waals surface area contributed by atoms with E-state index in [2.05, 4.69) is 20.8 Å². The molecule has 1 aliphatic carbocycles. The number of carbonyl (C=O) groups is 2. The van der Waals surface area contributed by atoms with Crippen molar-refractivity contribution in [2.24, 2.45) is 11.8 Å². The molecule has 2 aliphatic rings. The van der Waals surface area contributed by atoms with Crippen molar-refractivity contribution >= 4 is 20.1 Å². The van der Waals surface area contributed by atoms with Gasteiger partial charge in [0.15, 0.2) is 14.6 Å². The fourth-order valence-electron chi connectivity index (χ4n) is 6.53. The highest BCUT2D eigenvalue weighted by atomic mass is 28.4. The van der Waals surface area contributed by atoms with Gasteiger partial charge in [-0.05, 0) is 81.0 Å². The van der Waals surface area contributed by atoms with Gasteiger partial charge in [0.05, 0.1) is 6.10 Å². The van der Waals surface area contributed by atoms with Gasteiger partial charge in [-0.1, -0.05) is 83.7 Å². The number of unbranched alkanes of at least 4 members (excludes halogenated alkanes) is 4. The van der Waals surface area contributed by atoms with Gasteiger partial charge in [0.1, 0.15) is 18.5 Å². The second-order valence-corrected chi connectivity index (χ2v) is 20.1. The molecule has 9 heteroatoms. The normalized spacial score (nSPS) is 23.2. The van der Waals surface area contributed by atoms with Gasteiger partial charge in [-0.15, -0.1) is 0 Å². The summed E-state index contributed by atoms with van der Waals surface area (Å²) in [5, 5.41) is -0.194. The topological polar surface area (TPSA) is 71.1 Å². The van der Waals surface area contributed by atoms with Crippen LogP contribution in [0.4, 0.5) is 8.78 Å². The Balaban J connectivity index is 1.60. The van der Waals surface area contributed by atoms with Crippen LogP contribution in [0.5, 0.6) is 0 Å². The molecular formula is C38H62F2O6Si. The molecule has 47 heavy (non-hydrogen) atoms. The Labute approximate surface area is 284 Å². The third-order valence-electron chi connectivity index (χ3n) is 10.5. The van der Waals surface area contributed by atoms with E-state index in [1.165, 1.54) is 0 Å². The van der Waals surface area contributed by atoms with Gasteiger partial charge in [-0.2, -0.15) is 0 Å². The summed E-state index contributed by atoms with van der Waals surface area (Å²) in [6.45, 7) is 13.2. The highest BCUT2D eigenvalue weighted by Gasteiger charge is 2.49. The van der Waals surface area contributed by atoms with Gasteiger partial charge >= 0.3 is 5.97 Å². The van der Waals surface area contributed by atoms with Crippen molar-refractivity contribution in [3.63, 3.8) is 0 Å². The van der Waals surface area contributed by atoms with Crippen LogP contribution in [0.2, 0.25) is 18.1 Å². The van der Waals surface area contributed by atoms with Crippen LogP contribution in [0.3, 0.4) is 0 Å². The first-order valence-electron chi connectivity index (χ1n) is 18.3. The Kier molecular flexibility index (Phi) is 16.0. The van der Waals surface area contributed by atoms with Crippen molar-refractivity contribution in [3.05, 3.63) is 35.9 Å². The Morgan fingerprint density at radius 1 is 1.02 bits per heavy atom. The van der Waals surface area contributed by atoms with Crippen LogP contribution >= 0.6 is 0 Å². The second kappa shape index (κ2) is 18.9. The third-order valence-corrected chi connectivity index (χ3v) is 15.0. The van der Waals surface area contributed by atoms with Crippen LogP contribution < -0.4 is 0 Å². The number of ketones is 1. The SMILES string of the molecule is CCCCC(F)(F)C(CC[C@H]1[C@H](OC2CCCCO2)CC(=O)[C@@H]1CCCCCCC(=O)OCc1ccccc1)O[Si](C)(C)C(C)(C)C. The fourth-order valence-corrected chi connectivity index (χ4v) is 7.88. The van der Waals surface area contributed by atoms with Crippen molar-refractivity contribution < 1.29 is 37.0 Å². The number of ether oxygens (including phenoxy) is 3. The lowest BCUT2D eigenvalue weighted by Crippen LogP contribution is -2.49. The number of benzene rings is 1. The van der Waals surface area contributed by atoms with Gasteiger partial charge in [-0.25, -0.2) is 8.78 Å². The molecule has 1 heterocycles. The molecule has 0 aromatic heterocycles. The zero-order valence-electron chi connectivity index (χ0n) is 30.0. The second-order valence-electron chi connectivity index (χ2n) is 15.3. The molecule has 0 bridgehead atoms. The predicted octanol–water partition coefficient (Wildman–Crippen LogP) is 10.2. The number of rotatable bonds is 20. The molecule has 1 aliphatic heterocycles. The summed E-state index contributed by atoms with van der Waals surface area (Å²) in [5.41, 5.74) is 0.969. The van der Waals surface area contributed by atoms with Crippen LogP contribution in [-0.2, 0) is 34.8 Å². The van der Waals surface area contributed by atoms with Crippen molar-refractivity contribution in [2.45, 2.75) is 173 Å². The Morgan fingerprint density at radius 3 is 2.40 bits per heavy atom. The van der Waals surface area contributed by atoms with E-state index in [0.29, 0.717) is 45.1 Å². The lowest BCUT2D eigenvalue weighted by molar-refractivity contribution is -0.197. The molecule has 5 atom stereocenters. The molecule has 1 aromatic carbocycles. The number of esters is 1. The highest BCUT2D eigenvalue weighted by molar-refractivity contribution is 6.74. The summed E-state index contributed by atoms with van der Waals surface area (Å²) >= 11 is 0. The molecule has 0 N–H and O–H groups in total. The van der Waals surface area contributed by atoms with Gasteiger partial charge in [0.2, 0.25) is 0 Å². The van der Waals surface area contributed by atoms with Gasteiger partial charge in [-0.3, -0.25) is 9.59 Å². The van der Waals surface area contributed by atoms with E-state index in [9.17, 15) is 9.59 Å². The quantitative estimate of drug-likeness (QED) is 0.0776. The summed E-state index contributed by atoms with van der Waals surface area (Å²) in [6, 6.07) is 9.64. The molecule has 2 unspecified atom stereocenters. The molecule has 0 amide bonds. The molecule has 0 radical (unpaired) electrons. The Bertz CT molecular complexity index is 1070. The number of halogens is 2. The average Bonchev–Trinajstić information content (AvgIpc) is 3.31. The maximum atomic E-state index is 15.8. The maximum absolute atomic E-state index is 15.8. The zero-order valence-corrected chi connectivity index (χ0v) is 31.0. The van der Waals surface area contributed by atoms with Crippen LogP contribution in [0.1, 0.15) is 130 Å². The highest BCUT2D eigenvalue weighted by Crippen LogP contribution is 2.44. The van der Waals surface area contributed by atoms with Crippen molar-refractivity contribution in [1.29, 1.82) is 0 Å². The van der Waals surface area contributed by atoms with Gasteiger partial charge in [0.25, 0.3) is 5.92 Å². The van der Waals surface area contributed by atoms with Crippen LogP contribution in [-0.4, -0.2) is 51.1 Å². The summed E-state index contributed by atoms with van der Waals surface area (Å²) in [7, 11) is -2.47. The van der Waals surface area contributed by atoms with E-state index in [1.807, 2.05) is 50.3 Å². The van der Waals surface area contributed by atoms with E-state index in [-0.39, 0.29) is 60.5 Å². The van der Waals surface area contributed by atoms with Crippen molar-refractivity contribution in [2.75, 3.05) is 6.61 Å². The van der Waals surface area contributed by atoms with E-state index in [0.717, 1.165) is 50.5 Å². The number of carbonyl (C=O) groups excluding carboxylic acids is 2. The molecule has 6 nitrogen and oxygen atoms in total. The lowest BCUT2D eigenvalue weighted by Gasteiger charge is -2.42. The minimum absolute atomic E-state index is 0.145. The first-order valence-corrected chi connectivity index (χ1v) is 21.2. The minimum Gasteiger partial charge on any atom is -0.461 e. The molecule has 268 valence electrons. The monoisotopic (exact) mass is 680 g/mol. The number of Topliss-reactive ketones (excluding diaryl/α,β-unsaturated/α-hetero) is 1. The molecule has 1 aromatic rings. The molecular weight excluding hydrogens is 618 g/mol. The number of hydrogen-bond acceptors (Lipinski definition) is 6. The van der Waals surface area contributed by atoms with E-state index >= 15 is 8.78 Å². The molecule has 1 saturated heterocycles. The van der Waals surface area contributed by atoms with E-state index in [1.54, 1.807) is 0 Å². The third kappa shape index (κ3) is 12.9. The molecule has 3 rings (SSSR count). The maximum Gasteiger partial charge on any atom is 0.306 e. The standard InChI is InChI=1S/C38H62F2O6Si/c1-7-8-25-38(39,40)34(46-47(5,6)37(2,3)4)24-23-31-30(32(41)27-33(31)45-36-22-16-17-26-43-36)20-14-9-10-15-21-35(42)44-28-29-18-12-11-13-19-29/h11-13,18-19,30-31,33-34,36H,7-10,14-17,20-28H2,1-6H3/t30-,31-,33-,34?,36?/m1/s1. The average molecular weight is 681 g/mol. The van der Waals surface area contributed by atoms with Crippen LogP contribution in [0.25, 0.3) is 0 Å². The molecule has 1 saturated carbocycles. The Hall–Kier alpha value is -1.68. The van der Waals surface area contributed by atoms with E-state index < -0.39 is 20.3 Å². The first-order chi connectivity index (χ1) is 22.2. The molecule has 2 fully saturated rings. The summed E-state index contributed by atoms with van der Waals surface area (Å²) in [5.74, 6) is -3.34. The van der Waals surface area contributed by atoms with Crippen LogP contribution in [0, 0.1) is 11.8 Å². The van der Waals surface area contributed by atoms with Gasteiger partial charge in [0, 0.05) is 31.8 Å². The smallest absolute Gasteiger partial charge is 0.306 e. The van der Waals surface area contributed by atoms with Gasteiger partial charge < -0.3 is 18.6 Å². The lowest BCUT2D eigenvalue weighted by atomic mass is 9.84. The predicted molar refractivity (Wildman–Crippen MR) is 185 cm³/mol. The Morgan fingerprint density at radius 2 is 1.74 bits per heavy atom. The van der Waals surface area contributed by atoms with Crippen LogP contribution in [0.15, 0.2) is 30.3 Å². The minimum atomic E-state index is -2.94. The summed E-state index contributed by atoms with van der Waals surface area (Å²) in [4.78, 5) is 25.6. The zero-order chi connectivity index (χ0) is 34.5. The summed E-state index contributed by atoms with van der Waals surface area (Å²) in [6.07, 6.45) is 7.32. The summed E-state index contributed by atoms with van der Waals surface area (Å²) < 4.78 is 55.7.